The number of likely N-dealkylation sites (tertiary alicyclic amines) is 1. The lowest BCUT2D eigenvalue weighted by molar-refractivity contribution is 0.0487. The van der Waals surface area contributed by atoms with Crippen molar-refractivity contribution in [3.63, 3.8) is 0 Å². The van der Waals surface area contributed by atoms with Crippen molar-refractivity contribution in [2.24, 2.45) is 5.41 Å². The number of nitrogens with zero attached hydrogens (tertiary/aromatic N) is 1. The van der Waals surface area contributed by atoms with Crippen LogP contribution in [-0.2, 0) is 0 Å². The van der Waals surface area contributed by atoms with Gasteiger partial charge in [-0.1, -0.05) is 31.4 Å². The van der Waals surface area contributed by atoms with Crippen LogP contribution in [0.3, 0.4) is 0 Å². The zero-order valence-corrected chi connectivity index (χ0v) is 12.8. The number of benzene rings is 1. The molecule has 2 heteroatoms. The second-order valence-electron chi connectivity index (χ2n) is 6.94. The Labute approximate surface area is 123 Å². The largest absolute Gasteiger partial charge is 0.399 e. The number of rotatable bonds is 2. The van der Waals surface area contributed by atoms with Crippen LogP contribution in [0.1, 0.15) is 63.5 Å². The van der Waals surface area contributed by atoms with E-state index in [9.17, 15) is 0 Å². The Hall–Kier alpha value is -1.02. The van der Waals surface area contributed by atoms with Crippen LogP contribution in [0.4, 0.5) is 5.69 Å². The Bertz CT molecular complexity index is 421. The van der Waals surface area contributed by atoms with Crippen LogP contribution < -0.4 is 5.73 Å². The average Bonchev–Trinajstić information content (AvgIpc) is 2.49. The van der Waals surface area contributed by atoms with Gasteiger partial charge in [0.15, 0.2) is 0 Å². The first-order valence-electron chi connectivity index (χ1n) is 8.28. The van der Waals surface area contributed by atoms with Crippen molar-refractivity contribution in [2.75, 3.05) is 18.8 Å². The molecule has 1 saturated carbocycles. The first kappa shape index (κ1) is 13.9. The van der Waals surface area contributed by atoms with Gasteiger partial charge < -0.3 is 5.73 Å². The van der Waals surface area contributed by atoms with Crippen molar-refractivity contribution >= 4 is 5.69 Å². The Morgan fingerprint density at radius 1 is 0.950 bits per heavy atom. The van der Waals surface area contributed by atoms with Crippen LogP contribution in [0.15, 0.2) is 24.3 Å². The normalized spacial score (nSPS) is 24.6. The van der Waals surface area contributed by atoms with Gasteiger partial charge in [-0.05, 0) is 68.8 Å². The van der Waals surface area contributed by atoms with E-state index in [1.165, 1.54) is 63.6 Å². The average molecular weight is 272 g/mol. The molecule has 1 heterocycles. The summed E-state index contributed by atoms with van der Waals surface area (Å²) in [5, 5.41) is 0. The molecule has 0 radical (unpaired) electrons. The van der Waals surface area contributed by atoms with Crippen LogP contribution in [0.25, 0.3) is 0 Å². The van der Waals surface area contributed by atoms with E-state index in [2.05, 4.69) is 24.0 Å². The number of piperidine rings is 1. The lowest BCUT2D eigenvalue weighted by atomic mass is 9.68. The van der Waals surface area contributed by atoms with Crippen LogP contribution in [0.5, 0.6) is 0 Å². The summed E-state index contributed by atoms with van der Waals surface area (Å²) in [6.45, 7) is 4.88. The molecule has 0 bridgehead atoms. The molecule has 1 aromatic rings. The number of nitrogens with two attached hydrogens (primary N) is 1. The van der Waals surface area contributed by atoms with E-state index in [1.807, 2.05) is 12.1 Å². The molecule has 1 aliphatic carbocycles. The topological polar surface area (TPSA) is 29.3 Å². The minimum absolute atomic E-state index is 0.525. The molecule has 2 nitrogen and oxygen atoms in total. The first-order chi connectivity index (χ1) is 9.69. The molecular formula is C18H28N2. The fraction of sp³-hybridized carbons (Fsp3) is 0.667. The highest BCUT2D eigenvalue weighted by molar-refractivity contribution is 5.40. The molecule has 1 saturated heterocycles. The Balaban J connectivity index is 1.61. The van der Waals surface area contributed by atoms with Crippen molar-refractivity contribution in [3.05, 3.63) is 29.8 Å². The van der Waals surface area contributed by atoms with Gasteiger partial charge in [0, 0.05) is 11.7 Å². The van der Waals surface area contributed by atoms with Gasteiger partial charge in [-0.15, -0.1) is 0 Å². The van der Waals surface area contributed by atoms with Crippen molar-refractivity contribution in [1.82, 2.24) is 4.90 Å². The lowest BCUT2D eigenvalue weighted by Gasteiger charge is -2.46. The van der Waals surface area contributed by atoms with E-state index in [1.54, 1.807) is 0 Å². The number of hydrogen-bond acceptors (Lipinski definition) is 2. The minimum Gasteiger partial charge on any atom is -0.399 e. The second-order valence-corrected chi connectivity index (χ2v) is 6.94. The zero-order valence-electron chi connectivity index (χ0n) is 12.8. The van der Waals surface area contributed by atoms with Crippen LogP contribution in [0, 0.1) is 5.41 Å². The molecule has 2 N–H and O–H groups in total. The molecular weight excluding hydrogens is 244 g/mol. The highest BCUT2D eigenvalue weighted by atomic mass is 15.2. The number of hydrogen-bond donors (Lipinski definition) is 1. The van der Waals surface area contributed by atoms with Gasteiger partial charge >= 0.3 is 0 Å². The monoisotopic (exact) mass is 272 g/mol. The summed E-state index contributed by atoms with van der Waals surface area (Å²) in [6.07, 6.45) is 10.2. The molecule has 1 aliphatic heterocycles. The molecule has 1 unspecified atom stereocenters. The lowest BCUT2D eigenvalue weighted by Crippen LogP contribution is -2.42. The molecule has 2 fully saturated rings. The van der Waals surface area contributed by atoms with E-state index < -0.39 is 0 Å². The maximum atomic E-state index is 5.79. The summed E-state index contributed by atoms with van der Waals surface area (Å²) >= 11 is 0. The molecule has 20 heavy (non-hydrogen) atoms. The molecule has 2 aliphatic rings. The third-order valence-corrected chi connectivity index (χ3v) is 5.74. The third-order valence-electron chi connectivity index (χ3n) is 5.74. The predicted octanol–water partition coefficient (Wildman–Crippen LogP) is 4.38. The molecule has 1 atom stereocenters. The Kier molecular flexibility index (Phi) is 4.02. The predicted molar refractivity (Wildman–Crippen MR) is 85.6 cm³/mol. The zero-order chi connectivity index (χ0) is 14.0. The third kappa shape index (κ3) is 2.85. The molecule has 0 amide bonds. The van der Waals surface area contributed by atoms with Gasteiger partial charge in [-0.3, -0.25) is 4.90 Å². The smallest absolute Gasteiger partial charge is 0.0319 e. The fourth-order valence-electron chi connectivity index (χ4n) is 4.17. The summed E-state index contributed by atoms with van der Waals surface area (Å²) in [4.78, 5) is 2.66. The summed E-state index contributed by atoms with van der Waals surface area (Å²) in [5.41, 5.74) is 8.75. The van der Waals surface area contributed by atoms with Crippen LogP contribution in [0.2, 0.25) is 0 Å². The summed E-state index contributed by atoms with van der Waals surface area (Å²) in [6, 6.07) is 8.95. The quantitative estimate of drug-likeness (QED) is 0.810. The summed E-state index contributed by atoms with van der Waals surface area (Å²) < 4.78 is 0. The molecule has 0 aromatic heterocycles. The summed E-state index contributed by atoms with van der Waals surface area (Å²) in [5.74, 6) is 0. The molecule has 110 valence electrons. The van der Waals surface area contributed by atoms with E-state index >= 15 is 0 Å². The van der Waals surface area contributed by atoms with Crippen molar-refractivity contribution in [2.45, 2.75) is 57.9 Å². The maximum Gasteiger partial charge on any atom is 0.0319 e. The maximum absolute atomic E-state index is 5.79. The highest BCUT2D eigenvalue weighted by Crippen LogP contribution is 2.45. The van der Waals surface area contributed by atoms with Gasteiger partial charge in [-0.25, -0.2) is 0 Å². The van der Waals surface area contributed by atoms with Crippen molar-refractivity contribution < 1.29 is 0 Å². The van der Waals surface area contributed by atoms with Crippen molar-refractivity contribution in [3.8, 4) is 0 Å². The van der Waals surface area contributed by atoms with Gasteiger partial charge in [0.25, 0.3) is 0 Å². The van der Waals surface area contributed by atoms with E-state index in [0.717, 1.165) is 5.69 Å². The van der Waals surface area contributed by atoms with Gasteiger partial charge in [0.2, 0.25) is 0 Å². The SMILES string of the molecule is CC(c1ccc(N)cc1)N1CCC2(CCCCC2)CC1. The molecule has 1 aromatic carbocycles. The van der Waals surface area contributed by atoms with E-state index in [-0.39, 0.29) is 0 Å². The van der Waals surface area contributed by atoms with Gasteiger partial charge in [0.1, 0.15) is 0 Å². The van der Waals surface area contributed by atoms with E-state index in [4.69, 9.17) is 5.73 Å². The van der Waals surface area contributed by atoms with Gasteiger partial charge in [0.05, 0.1) is 0 Å². The van der Waals surface area contributed by atoms with Gasteiger partial charge in [-0.2, -0.15) is 0 Å². The Morgan fingerprint density at radius 3 is 2.15 bits per heavy atom. The number of anilines is 1. The van der Waals surface area contributed by atoms with Crippen molar-refractivity contribution in [1.29, 1.82) is 0 Å². The minimum atomic E-state index is 0.525. The highest BCUT2D eigenvalue weighted by Gasteiger charge is 2.36. The fourth-order valence-corrected chi connectivity index (χ4v) is 4.17. The standard InChI is InChI=1S/C18H28N2/c1-15(16-5-7-17(19)8-6-16)20-13-11-18(12-14-20)9-3-2-4-10-18/h5-8,15H,2-4,9-14,19H2,1H3. The number of nitrogen functional groups attached to an aromatic ring is 1. The summed E-state index contributed by atoms with van der Waals surface area (Å²) in [7, 11) is 0. The first-order valence-corrected chi connectivity index (χ1v) is 8.28. The molecule has 1 spiro atoms. The second kappa shape index (κ2) is 5.77. The molecule has 3 rings (SSSR count). The van der Waals surface area contributed by atoms with E-state index in [0.29, 0.717) is 11.5 Å². The van der Waals surface area contributed by atoms with Crippen LogP contribution in [-0.4, -0.2) is 18.0 Å². The Morgan fingerprint density at radius 2 is 1.55 bits per heavy atom. The van der Waals surface area contributed by atoms with Crippen LogP contribution >= 0.6 is 0 Å².